The first-order valence-corrected chi connectivity index (χ1v) is 6.57. The van der Waals surface area contributed by atoms with Gasteiger partial charge in [0.2, 0.25) is 0 Å². The Hall–Kier alpha value is -1.93. The van der Waals surface area contributed by atoms with Crippen molar-refractivity contribution < 1.29 is 4.74 Å². The van der Waals surface area contributed by atoms with E-state index in [0.29, 0.717) is 11.8 Å². The van der Waals surface area contributed by atoms with Gasteiger partial charge < -0.3 is 9.64 Å². The average Bonchev–Trinajstić information content (AvgIpc) is 2.45. The van der Waals surface area contributed by atoms with Crippen molar-refractivity contribution in [2.45, 2.75) is 6.54 Å². The van der Waals surface area contributed by atoms with Gasteiger partial charge >= 0.3 is 0 Å². The van der Waals surface area contributed by atoms with Gasteiger partial charge in [0.05, 0.1) is 0 Å². The maximum absolute atomic E-state index is 5.93. The predicted octanol–water partition coefficient (Wildman–Crippen LogP) is 4.16. The van der Waals surface area contributed by atoms with E-state index in [-0.39, 0.29) is 0 Å². The molecule has 0 N–H and O–H groups in total. The molecule has 0 aliphatic carbocycles. The molecule has 0 amide bonds. The normalized spacial score (nSPS) is 13.2. The molecule has 0 saturated carbocycles. The van der Waals surface area contributed by atoms with Gasteiger partial charge in [0, 0.05) is 17.8 Å². The van der Waals surface area contributed by atoms with Crippen LogP contribution in [0.1, 0.15) is 11.1 Å². The monoisotopic (exact) mass is 271 g/mol. The van der Waals surface area contributed by atoms with Gasteiger partial charge in [-0.3, -0.25) is 0 Å². The standard InChI is InChI=1S/C16H14ClNO/c17-15-6-3-7-16(10-15)19-12-18-9-8-13-4-1-2-5-14(13)11-18/h1-10H,11-12H2. The number of benzene rings is 2. The summed E-state index contributed by atoms with van der Waals surface area (Å²) in [7, 11) is 0. The molecule has 1 aliphatic rings. The Morgan fingerprint density at radius 1 is 1.11 bits per heavy atom. The van der Waals surface area contributed by atoms with Crippen LogP contribution in [-0.2, 0) is 6.54 Å². The van der Waals surface area contributed by atoms with Gasteiger partial charge in [0.15, 0.2) is 6.73 Å². The Bertz CT molecular complexity index is 609. The Labute approximate surface area is 117 Å². The quantitative estimate of drug-likeness (QED) is 0.831. The molecule has 1 aliphatic heterocycles. The van der Waals surface area contributed by atoms with Crippen LogP contribution in [0.4, 0.5) is 0 Å². The molecular formula is C16H14ClNO. The minimum absolute atomic E-state index is 0.519. The molecule has 0 saturated heterocycles. The number of ether oxygens (including phenoxy) is 1. The van der Waals surface area contributed by atoms with E-state index in [2.05, 4.69) is 41.4 Å². The third-order valence-corrected chi connectivity index (χ3v) is 3.32. The van der Waals surface area contributed by atoms with Crippen LogP contribution in [0.3, 0.4) is 0 Å². The van der Waals surface area contributed by atoms with Crippen molar-refractivity contribution in [1.29, 1.82) is 0 Å². The number of halogens is 1. The van der Waals surface area contributed by atoms with Crippen LogP contribution in [0.15, 0.2) is 54.7 Å². The Morgan fingerprint density at radius 2 is 2.00 bits per heavy atom. The molecule has 96 valence electrons. The van der Waals surface area contributed by atoms with E-state index >= 15 is 0 Å². The molecule has 0 aromatic heterocycles. The Morgan fingerprint density at radius 3 is 2.89 bits per heavy atom. The molecule has 2 nitrogen and oxygen atoms in total. The van der Waals surface area contributed by atoms with Crippen LogP contribution in [0.25, 0.3) is 6.08 Å². The molecule has 1 heterocycles. The number of rotatable bonds is 3. The van der Waals surface area contributed by atoms with Gasteiger partial charge in [-0.25, -0.2) is 0 Å². The fourth-order valence-corrected chi connectivity index (χ4v) is 2.28. The third-order valence-electron chi connectivity index (χ3n) is 3.09. The van der Waals surface area contributed by atoms with Crippen LogP contribution < -0.4 is 4.74 Å². The molecule has 0 atom stereocenters. The fraction of sp³-hybridized carbons (Fsp3) is 0.125. The SMILES string of the molecule is Clc1cccc(OCN2C=Cc3ccccc3C2)c1. The van der Waals surface area contributed by atoms with Crippen LogP contribution in [0.2, 0.25) is 5.02 Å². The summed E-state index contributed by atoms with van der Waals surface area (Å²) >= 11 is 5.93. The average molecular weight is 272 g/mol. The first-order valence-electron chi connectivity index (χ1n) is 6.20. The van der Waals surface area contributed by atoms with E-state index in [9.17, 15) is 0 Å². The summed E-state index contributed by atoms with van der Waals surface area (Å²) in [5.74, 6) is 0.791. The van der Waals surface area contributed by atoms with Crippen molar-refractivity contribution in [3.05, 3.63) is 70.9 Å². The molecular weight excluding hydrogens is 258 g/mol. The van der Waals surface area contributed by atoms with Gasteiger partial charge in [-0.1, -0.05) is 41.9 Å². The minimum atomic E-state index is 0.519. The van der Waals surface area contributed by atoms with Gasteiger partial charge in [-0.05, 0) is 35.4 Å². The van der Waals surface area contributed by atoms with Crippen molar-refractivity contribution in [2.75, 3.05) is 6.73 Å². The predicted molar refractivity (Wildman–Crippen MR) is 78.0 cm³/mol. The molecule has 2 aromatic carbocycles. The van der Waals surface area contributed by atoms with E-state index in [1.54, 1.807) is 0 Å². The van der Waals surface area contributed by atoms with Crippen LogP contribution >= 0.6 is 11.6 Å². The van der Waals surface area contributed by atoms with E-state index < -0.39 is 0 Å². The van der Waals surface area contributed by atoms with Crippen molar-refractivity contribution in [2.24, 2.45) is 0 Å². The summed E-state index contributed by atoms with van der Waals surface area (Å²) in [5, 5.41) is 0.692. The maximum atomic E-state index is 5.93. The van der Waals surface area contributed by atoms with E-state index in [4.69, 9.17) is 16.3 Å². The van der Waals surface area contributed by atoms with Gasteiger partial charge in [0.1, 0.15) is 5.75 Å². The van der Waals surface area contributed by atoms with E-state index in [1.807, 2.05) is 24.3 Å². The first-order chi connectivity index (χ1) is 9.31. The van der Waals surface area contributed by atoms with E-state index in [1.165, 1.54) is 11.1 Å². The number of nitrogens with zero attached hydrogens (tertiary/aromatic N) is 1. The number of hydrogen-bond donors (Lipinski definition) is 0. The topological polar surface area (TPSA) is 12.5 Å². The van der Waals surface area contributed by atoms with E-state index in [0.717, 1.165) is 12.3 Å². The second-order valence-electron chi connectivity index (χ2n) is 4.49. The summed E-state index contributed by atoms with van der Waals surface area (Å²) < 4.78 is 5.73. The largest absolute Gasteiger partial charge is 0.473 e. The zero-order valence-corrected chi connectivity index (χ0v) is 11.2. The molecule has 3 rings (SSSR count). The molecule has 19 heavy (non-hydrogen) atoms. The summed E-state index contributed by atoms with van der Waals surface area (Å²) in [6.07, 6.45) is 4.17. The van der Waals surface area contributed by atoms with Crippen LogP contribution in [0, 0.1) is 0 Å². The third kappa shape index (κ3) is 2.91. The lowest BCUT2D eigenvalue weighted by atomic mass is 10.1. The van der Waals surface area contributed by atoms with Crippen LogP contribution in [-0.4, -0.2) is 11.6 Å². The molecule has 0 unspecified atom stereocenters. The van der Waals surface area contributed by atoms with Crippen molar-refractivity contribution in [3.8, 4) is 5.75 Å². The second kappa shape index (κ2) is 5.37. The maximum Gasteiger partial charge on any atom is 0.161 e. The molecule has 0 spiro atoms. The van der Waals surface area contributed by atoms with Crippen molar-refractivity contribution >= 4 is 17.7 Å². The summed E-state index contributed by atoms with van der Waals surface area (Å²) in [6, 6.07) is 15.8. The minimum Gasteiger partial charge on any atom is -0.473 e. The fourth-order valence-electron chi connectivity index (χ4n) is 2.10. The second-order valence-corrected chi connectivity index (χ2v) is 4.93. The smallest absolute Gasteiger partial charge is 0.161 e. The first kappa shape index (κ1) is 12.1. The summed E-state index contributed by atoms with van der Waals surface area (Å²) in [4.78, 5) is 2.13. The summed E-state index contributed by atoms with van der Waals surface area (Å²) in [6.45, 7) is 1.39. The lowest BCUT2D eigenvalue weighted by Gasteiger charge is -2.25. The number of fused-ring (bicyclic) bond motifs is 1. The van der Waals surface area contributed by atoms with Crippen molar-refractivity contribution in [1.82, 2.24) is 4.90 Å². The lowest BCUT2D eigenvalue weighted by molar-refractivity contribution is 0.166. The van der Waals surface area contributed by atoms with Gasteiger partial charge in [-0.2, -0.15) is 0 Å². The lowest BCUT2D eigenvalue weighted by Crippen LogP contribution is -2.24. The highest BCUT2D eigenvalue weighted by Gasteiger charge is 2.09. The Balaban J connectivity index is 1.64. The summed E-state index contributed by atoms with van der Waals surface area (Å²) in [5.41, 5.74) is 2.60. The van der Waals surface area contributed by atoms with Crippen molar-refractivity contribution in [3.63, 3.8) is 0 Å². The molecule has 0 radical (unpaired) electrons. The van der Waals surface area contributed by atoms with Gasteiger partial charge in [-0.15, -0.1) is 0 Å². The molecule has 0 bridgehead atoms. The molecule has 2 aromatic rings. The molecule has 0 fully saturated rings. The highest BCUT2D eigenvalue weighted by Crippen LogP contribution is 2.21. The molecule has 3 heteroatoms. The van der Waals surface area contributed by atoms with Crippen LogP contribution in [0.5, 0.6) is 5.75 Å². The highest BCUT2D eigenvalue weighted by atomic mass is 35.5. The zero-order valence-electron chi connectivity index (χ0n) is 10.4. The number of hydrogen-bond acceptors (Lipinski definition) is 2. The zero-order chi connectivity index (χ0) is 13.1. The Kier molecular flexibility index (Phi) is 3.43. The van der Waals surface area contributed by atoms with Gasteiger partial charge in [0.25, 0.3) is 0 Å². The highest BCUT2D eigenvalue weighted by molar-refractivity contribution is 6.30.